The quantitative estimate of drug-likeness (QED) is 0.832. The summed E-state index contributed by atoms with van der Waals surface area (Å²) in [4.78, 5) is 13.1. The maximum atomic E-state index is 11.8. The number of nitrogens with one attached hydrogen (secondary N) is 1. The second-order valence-corrected chi connectivity index (χ2v) is 5.90. The molecule has 3 nitrogen and oxygen atoms in total. The monoisotopic (exact) mass is 289 g/mol. The highest BCUT2D eigenvalue weighted by molar-refractivity contribution is 7.10. The molecular formula is C16H19NO2S. The Morgan fingerprint density at radius 1 is 1.20 bits per heavy atom. The van der Waals surface area contributed by atoms with Gasteiger partial charge in [-0.1, -0.05) is 32.0 Å². The zero-order valence-electron chi connectivity index (χ0n) is 11.9. The molecule has 1 unspecified atom stereocenters. The molecule has 1 aromatic carbocycles. The number of methoxy groups -OCH3 is 1. The summed E-state index contributed by atoms with van der Waals surface area (Å²) in [6.45, 7) is 4.33. The van der Waals surface area contributed by atoms with Gasteiger partial charge in [-0.05, 0) is 29.5 Å². The molecule has 4 heteroatoms. The standard InChI is InChI=1S/C16H19NO2S/c1-11(2)15(14-9-6-10-20-14)17-13-8-5-4-7-12(13)16(18)19-3/h4-11,15,17H,1-3H3. The van der Waals surface area contributed by atoms with Crippen molar-refractivity contribution >= 4 is 23.0 Å². The second kappa shape index (κ2) is 6.57. The van der Waals surface area contributed by atoms with Crippen LogP contribution in [0.2, 0.25) is 0 Å². The molecule has 0 aliphatic heterocycles. The Labute approximate surface area is 123 Å². The summed E-state index contributed by atoms with van der Waals surface area (Å²) in [5.74, 6) is 0.0983. The zero-order valence-corrected chi connectivity index (χ0v) is 12.7. The van der Waals surface area contributed by atoms with Gasteiger partial charge in [0.05, 0.1) is 18.7 Å². The summed E-state index contributed by atoms with van der Waals surface area (Å²) in [5.41, 5.74) is 1.38. The highest BCUT2D eigenvalue weighted by atomic mass is 32.1. The van der Waals surface area contributed by atoms with E-state index in [0.29, 0.717) is 11.5 Å². The minimum absolute atomic E-state index is 0.181. The topological polar surface area (TPSA) is 38.3 Å². The Hall–Kier alpha value is -1.81. The molecule has 0 fully saturated rings. The van der Waals surface area contributed by atoms with Gasteiger partial charge in [0.1, 0.15) is 0 Å². The van der Waals surface area contributed by atoms with Gasteiger partial charge < -0.3 is 10.1 Å². The van der Waals surface area contributed by atoms with Crippen molar-refractivity contribution in [2.75, 3.05) is 12.4 Å². The maximum Gasteiger partial charge on any atom is 0.339 e. The van der Waals surface area contributed by atoms with Gasteiger partial charge >= 0.3 is 5.97 Å². The zero-order chi connectivity index (χ0) is 14.5. The van der Waals surface area contributed by atoms with Crippen molar-refractivity contribution in [3.63, 3.8) is 0 Å². The second-order valence-electron chi connectivity index (χ2n) is 4.92. The van der Waals surface area contributed by atoms with Crippen LogP contribution in [0.25, 0.3) is 0 Å². The van der Waals surface area contributed by atoms with Crippen LogP contribution in [0.1, 0.15) is 35.1 Å². The molecule has 0 aliphatic rings. The summed E-state index contributed by atoms with van der Waals surface area (Å²) >= 11 is 1.72. The first-order valence-corrected chi connectivity index (χ1v) is 7.48. The van der Waals surface area contributed by atoms with Gasteiger partial charge in [-0.15, -0.1) is 11.3 Å². The Morgan fingerprint density at radius 2 is 1.95 bits per heavy atom. The summed E-state index contributed by atoms with van der Waals surface area (Å²) in [6, 6.07) is 11.8. The van der Waals surface area contributed by atoms with Crippen molar-refractivity contribution in [1.29, 1.82) is 0 Å². The van der Waals surface area contributed by atoms with Crippen molar-refractivity contribution < 1.29 is 9.53 Å². The van der Waals surface area contributed by atoms with E-state index >= 15 is 0 Å². The Kier molecular flexibility index (Phi) is 4.79. The van der Waals surface area contributed by atoms with Crippen LogP contribution >= 0.6 is 11.3 Å². The lowest BCUT2D eigenvalue weighted by Crippen LogP contribution is -2.17. The third-order valence-corrected chi connectivity index (χ3v) is 4.12. The molecule has 106 valence electrons. The fraction of sp³-hybridized carbons (Fsp3) is 0.312. The fourth-order valence-electron chi connectivity index (χ4n) is 2.10. The Morgan fingerprint density at radius 3 is 2.55 bits per heavy atom. The van der Waals surface area contributed by atoms with E-state index < -0.39 is 0 Å². The molecule has 0 aliphatic carbocycles. The number of esters is 1. The summed E-state index contributed by atoms with van der Waals surface area (Å²) < 4.78 is 4.83. The van der Waals surface area contributed by atoms with E-state index in [1.807, 2.05) is 24.3 Å². The third-order valence-electron chi connectivity index (χ3n) is 3.16. The molecule has 20 heavy (non-hydrogen) atoms. The van der Waals surface area contributed by atoms with Gasteiger partial charge in [0.2, 0.25) is 0 Å². The number of hydrogen-bond donors (Lipinski definition) is 1. The number of para-hydroxylation sites is 1. The summed E-state index contributed by atoms with van der Waals surface area (Å²) in [6.07, 6.45) is 0. The van der Waals surface area contributed by atoms with Gasteiger partial charge in [0.15, 0.2) is 0 Å². The maximum absolute atomic E-state index is 11.8. The molecule has 0 saturated heterocycles. The van der Waals surface area contributed by atoms with E-state index in [-0.39, 0.29) is 12.0 Å². The van der Waals surface area contributed by atoms with Crippen LogP contribution < -0.4 is 5.32 Å². The molecule has 2 aromatic rings. The van der Waals surface area contributed by atoms with E-state index in [9.17, 15) is 4.79 Å². The van der Waals surface area contributed by atoms with Crippen molar-refractivity contribution in [3.8, 4) is 0 Å². The molecule has 1 aromatic heterocycles. The van der Waals surface area contributed by atoms with Crippen LogP contribution in [0.15, 0.2) is 41.8 Å². The lowest BCUT2D eigenvalue weighted by Gasteiger charge is -2.23. The number of carbonyl (C=O) groups is 1. The molecule has 1 atom stereocenters. The molecule has 0 bridgehead atoms. The summed E-state index contributed by atoms with van der Waals surface area (Å²) in [5, 5.41) is 5.54. The highest BCUT2D eigenvalue weighted by Gasteiger charge is 2.19. The largest absolute Gasteiger partial charge is 0.465 e. The first-order valence-electron chi connectivity index (χ1n) is 6.60. The molecule has 2 rings (SSSR count). The smallest absolute Gasteiger partial charge is 0.339 e. The normalized spacial score (nSPS) is 12.2. The Bertz CT molecular complexity index is 564. The molecule has 0 radical (unpaired) electrons. The van der Waals surface area contributed by atoms with E-state index in [0.717, 1.165) is 5.69 Å². The Balaban J connectivity index is 2.30. The number of benzene rings is 1. The number of hydrogen-bond acceptors (Lipinski definition) is 4. The average Bonchev–Trinajstić information content (AvgIpc) is 2.97. The van der Waals surface area contributed by atoms with Crippen molar-refractivity contribution in [2.24, 2.45) is 5.92 Å². The first-order chi connectivity index (χ1) is 9.63. The van der Waals surface area contributed by atoms with Gasteiger partial charge in [-0.2, -0.15) is 0 Å². The van der Waals surface area contributed by atoms with Gasteiger partial charge in [-0.25, -0.2) is 4.79 Å². The number of rotatable bonds is 5. The molecule has 0 saturated carbocycles. The van der Waals surface area contributed by atoms with Crippen molar-refractivity contribution in [1.82, 2.24) is 0 Å². The number of carbonyl (C=O) groups excluding carboxylic acids is 1. The fourth-order valence-corrected chi connectivity index (χ4v) is 3.05. The molecule has 0 spiro atoms. The predicted octanol–water partition coefficient (Wildman–Crippen LogP) is 4.34. The number of anilines is 1. The number of ether oxygens (including phenoxy) is 1. The lowest BCUT2D eigenvalue weighted by atomic mass is 10.0. The minimum atomic E-state index is -0.318. The van der Waals surface area contributed by atoms with E-state index in [1.165, 1.54) is 12.0 Å². The van der Waals surface area contributed by atoms with Crippen LogP contribution in [-0.2, 0) is 4.74 Å². The highest BCUT2D eigenvalue weighted by Crippen LogP contribution is 2.31. The first kappa shape index (κ1) is 14.6. The lowest BCUT2D eigenvalue weighted by molar-refractivity contribution is 0.0601. The molecular weight excluding hydrogens is 270 g/mol. The average molecular weight is 289 g/mol. The van der Waals surface area contributed by atoms with Crippen LogP contribution in [0.3, 0.4) is 0 Å². The van der Waals surface area contributed by atoms with E-state index in [1.54, 1.807) is 17.4 Å². The van der Waals surface area contributed by atoms with E-state index in [4.69, 9.17) is 4.74 Å². The van der Waals surface area contributed by atoms with E-state index in [2.05, 4.69) is 30.6 Å². The number of thiophene rings is 1. The van der Waals surface area contributed by atoms with Gasteiger partial charge in [0, 0.05) is 10.6 Å². The minimum Gasteiger partial charge on any atom is -0.465 e. The van der Waals surface area contributed by atoms with Crippen molar-refractivity contribution in [3.05, 3.63) is 52.2 Å². The third kappa shape index (κ3) is 3.20. The van der Waals surface area contributed by atoms with Gasteiger partial charge in [-0.3, -0.25) is 0 Å². The van der Waals surface area contributed by atoms with Crippen LogP contribution in [0.5, 0.6) is 0 Å². The van der Waals surface area contributed by atoms with Crippen molar-refractivity contribution in [2.45, 2.75) is 19.9 Å². The SMILES string of the molecule is COC(=O)c1ccccc1NC(c1cccs1)C(C)C. The molecule has 1 N–H and O–H groups in total. The summed E-state index contributed by atoms with van der Waals surface area (Å²) in [7, 11) is 1.40. The van der Waals surface area contributed by atoms with Crippen LogP contribution in [-0.4, -0.2) is 13.1 Å². The molecule has 1 heterocycles. The molecule has 0 amide bonds. The van der Waals surface area contributed by atoms with Crippen LogP contribution in [0, 0.1) is 5.92 Å². The van der Waals surface area contributed by atoms with Crippen LogP contribution in [0.4, 0.5) is 5.69 Å². The van der Waals surface area contributed by atoms with Gasteiger partial charge in [0.25, 0.3) is 0 Å². The predicted molar refractivity (Wildman–Crippen MR) is 83.3 cm³/mol.